The molecule has 0 aromatic rings. The molecule has 0 N–H and O–H groups in total. The summed E-state index contributed by atoms with van der Waals surface area (Å²) in [6, 6.07) is 0. The van der Waals surface area contributed by atoms with Gasteiger partial charge >= 0.3 is 32.0 Å². The van der Waals surface area contributed by atoms with Gasteiger partial charge in [-0.15, -0.1) is 24.0 Å². The third-order valence-electron chi connectivity index (χ3n) is 0. The Morgan fingerprint density at radius 3 is 1.25 bits per heavy atom. The van der Waals surface area contributed by atoms with Crippen molar-refractivity contribution in [3.8, 4) is 0 Å². The minimum absolute atomic E-state index is 0. The Labute approximate surface area is 76.9 Å². The zero-order valence-corrected chi connectivity index (χ0v) is 8.27. The van der Waals surface area contributed by atoms with Crippen molar-refractivity contribution in [3.05, 3.63) is 0 Å². The molecule has 0 saturated carbocycles. The fourth-order valence-corrected chi connectivity index (χ4v) is 0. The van der Waals surface area contributed by atoms with Gasteiger partial charge < -0.3 is 0 Å². The van der Waals surface area contributed by atoms with Crippen molar-refractivity contribution in [2.45, 2.75) is 0 Å². The molecule has 1 radical (unpaired) electrons. The average Bonchev–Trinajstić information content (AvgIpc) is 1.00. The molecule has 0 aliphatic rings. The maximum atomic E-state index is 2.76. The molecule has 0 unspecified atom stereocenters. The van der Waals surface area contributed by atoms with E-state index in [1.165, 1.54) is 0 Å². The van der Waals surface area contributed by atoms with E-state index >= 15 is 0 Å². The predicted octanol–water partition coefficient (Wildman–Crippen LogP) is 1.46. The average molecular weight is 424 g/mol. The first-order valence-electron chi connectivity index (χ1n) is 0.114. The summed E-state index contributed by atoms with van der Waals surface area (Å²) in [7, 11) is 0. The Bertz CT molecular complexity index is 6.00. The van der Waals surface area contributed by atoms with Crippen LogP contribution in [-0.4, -0.2) is 0 Å². The second-order valence-corrected chi connectivity index (χ2v) is 0. The molecule has 37 valence electrons. The van der Waals surface area contributed by atoms with Crippen LogP contribution in [0.5, 0.6) is 0 Å². The Kier molecular flexibility index (Phi) is 68.8. The molecule has 0 aliphatic heterocycles. The topological polar surface area (TPSA) is 0 Å². The summed E-state index contributed by atoms with van der Waals surface area (Å²) >= 11 is 5.51. The summed E-state index contributed by atoms with van der Waals surface area (Å²) < 4.78 is 0. The van der Waals surface area contributed by atoms with Crippen LogP contribution in [0.3, 0.4) is 0 Å². The van der Waals surface area contributed by atoms with Gasteiger partial charge in [0.2, 0.25) is 0 Å². The van der Waals surface area contributed by atoms with Gasteiger partial charge in [-0.2, -0.15) is 0 Å². The van der Waals surface area contributed by atoms with Crippen molar-refractivity contribution >= 4 is 37.0 Å². The van der Waals surface area contributed by atoms with Crippen LogP contribution in [0.1, 0.15) is 0 Å². The van der Waals surface area contributed by atoms with Crippen LogP contribution in [0.2, 0.25) is 0 Å². The molecule has 0 aromatic heterocycles. The summed E-state index contributed by atoms with van der Waals surface area (Å²) in [6.07, 6.45) is 0. The molecule has 0 aromatic carbocycles. The standard InChI is InChI=1S/2Ag.BrH.HI/h;;2*1H/q;+1;;/p-1. The van der Waals surface area contributed by atoms with Gasteiger partial charge in [0.15, 0.2) is 0 Å². The zero-order chi connectivity index (χ0) is 2.00. The fraction of sp³-hybridized carbons (Fsp3) is 0. The molecule has 0 fully saturated rings. The molecule has 0 rings (SSSR count). The van der Waals surface area contributed by atoms with E-state index in [4.69, 9.17) is 0 Å². The maximum absolute atomic E-state index is 2.76. The van der Waals surface area contributed by atoms with Crippen LogP contribution in [0, 0.1) is 0 Å². The second kappa shape index (κ2) is 17.3. The van der Waals surface area contributed by atoms with Crippen LogP contribution < -0.4 is 0 Å². The van der Waals surface area contributed by atoms with Gasteiger partial charge in [0, 0.05) is 22.4 Å². The van der Waals surface area contributed by atoms with Crippen molar-refractivity contribution in [1.29, 1.82) is 0 Å². The Balaban J connectivity index is -0.00000000500. The predicted molar refractivity (Wildman–Crippen MR) is 24.3 cm³/mol. The van der Waals surface area contributed by atoms with Gasteiger partial charge in [0.25, 0.3) is 0 Å². The summed E-state index contributed by atoms with van der Waals surface area (Å²) in [4.78, 5) is 0. The van der Waals surface area contributed by atoms with E-state index in [2.05, 4.69) is 32.0 Å². The van der Waals surface area contributed by atoms with Gasteiger partial charge in [0.1, 0.15) is 0 Å². The summed E-state index contributed by atoms with van der Waals surface area (Å²) in [6.45, 7) is 0. The van der Waals surface area contributed by atoms with E-state index in [-0.39, 0.29) is 46.4 Å². The first kappa shape index (κ1) is 15.9. The summed E-state index contributed by atoms with van der Waals surface area (Å²) in [5.74, 6) is 0. The monoisotopic (exact) mass is 421 g/mol. The van der Waals surface area contributed by atoms with E-state index in [0.29, 0.717) is 0 Å². The fourth-order valence-electron chi connectivity index (χ4n) is 0. The summed E-state index contributed by atoms with van der Waals surface area (Å²) in [5.41, 5.74) is 0. The molecule has 0 heterocycles. The summed E-state index contributed by atoms with van der Waals surface area (Å²) in [5, 5.41) is 0. The van der Waals surface area contributed by atoms with Crippen LogP contribution in [0.25, 0.3) is 0 Å². The van der Waals surface area contributed by atoms with E-state index in [0.717, 1.165) is 0 Å². The Morgan fingerprint density at radius 1 is 1.25 bits per heavy atom. The molecule has 0 aliphatic carbocycles. The van der Waals surface area contributed by atoms with Gasteiger partial charge in [-0.1, -0.05) is 0 Å². The van der Waals surface area contributed by atoms with E-state index in [9.17, 15) is 0 Å². The molecule has 0 amide bonds. The Morgan fingerprint density at radius 2 is 1.25 bits per heavy atom. The van der Waals surface area contributed by atoms with Crippen LogP contribution in [-0.2, 0) is 41.3 Å². The molecule has 4 heavy (non-hydrogen) atoms. The second-order valence-electron chi connectivity index (χ2n) is 0. The molecule has 0 atom stereocenters. The third-order valence-corrected chi connectivity index (χ3v) is 0. The SMILES string of the molecule is I.[Ag].[Br][Ag]. The molecule has 0 bridgehead atoms. The van der Waals surface area contributed by atoms with Crippen molar-refractivity contribution in [1.82, 2.24) is 0 Å². The Hall–Kier alpha value is 2.69. The van der Waals surface area contributed by atoms with E-state index in [1.54, 1.807) is 0 Å². The van der Waals surface area contributed by atoms with Crippen LogP contribution >= 0.6 is 37.0 Å². The number of hydrogen-bond acceptors (Lipinski definition) is 0. The van der Waals surface area contributed by atoms with E-state index in [1.807, 2.05) is 0 Å². The first-order chi connectivity index (χ1) is 1.00. The molecule has 0 nitrogen and oxygen atoms in total. The van der Waals surface area contributed by atoms with Gasteiger partial charge in [0.05, 0.1) is 0 Å². The van der Waals surface area contributed by atoms with Crippen molar-refractivity contribution in [2.75, 3.05) is 0 Å². The molecule has 0 saturated heterocycles. The molecular weight excluding hydrogens is 423 g/mol. The molecular formula is HAg2BrI. The van der Waals surface area contributed by atoms with Crippen LogP contribution in [0.4, 0.5) is 0 Å². The quantitative estimate of drug-likeness (QED) is 0.409. The minimum atomic E-state index is 0. The van der Waals surface area contributed by atoms with Crippen molar-refractivity contribution in [2.24, 2.45) is 0 Å². The number of halogens is 2. The van der Waals surface area contributed by atoms with E-state index < -0.39 is 0 Å². The normalized spacial score (nSPS) is 1.75. The van der Waals surface area contributed by atoms with Gasteiger partial charge in [-0.3, -0.25) is 0 Å². The first-order valence-corrected chi connectivity index (χ1v) is 3.50. The van der Waals surface area contributed by atoms with Gasteiger partial charge in [-0.05, 0) is 0 Å². The van der Waals surface area contributed by atoms with Crippen molar-refractivity contribution in [3.63, 3.8) is 0 Å². The van der Waals surface area contributed by atoms with Crippen LogP contribution in [0.15, 0.2) is 0 Å². The van der Waals surface area contributed by atoms with Gasteiger partial charge in [-0.25, -0.2) is 0 Å². The number of rotatable bonds is 0. The molecule has 0 spiro atoms. The third kappa shape index (κ3) is 8.83. The number of hydrogen-bond donors (Lipinski definition) is 0. The molecule has 4 heteroatoms. The zero-order valence-electron chi connectivity index (χ0n) is 1.39. The van der Waals surface area contributed by atoms with Crippen molar-refractivity contribution < 1.29 is 41.3 Å².